The monoisotopic (exact) mass is 472 g/mol. The number of nitrogens with one attached hydrogen (secondary N) is 2. The molecule has 2 aliphatic rings. The van der Waals surface area contributed by atoms with Crippen molar-refractivity contribution in [2.24, 2.45) is 28.3 Å². The van der Waals surface area contributed by atoms with Crippen LogP contribution in [0.2, 0.25) is 0 Å². The van der Waals surface area contributed by atoms with Gasteiger partial charge in [0.25, 0.3) is 0 Å². The first kappa shape index (κ1) is 24.3. The molecule has 0 saturated heterocycles. The Balaban J connectivity index is 1.75. The van der Waals surface area contributed by atoms with E-state index >= 15 is 0 Å². The summed E-state index contributed by atoms with van der Waals surface area (Å²) in [6.07, 6.45) is 5.24. The highest BCUT2D eigenvalue weighted by Gasteiger charge is 2.44. The minimum atomic E-state index is -4.41. The highest BCUT2D eigenvalue weighted by atomic mass is 32.2. The second-order valence-corrected chi connectivity index (χ2v) is 9.28. The summed E-state index contributed by atoms with van der Waals surface area (Å²) < 4.78 is 38.4. The van der Waals surface area contributed by atoms with E-state index in [1.165, 1.54) is 18.3 Å². The smallest absolute Gasteiger partial charge is 0.330 e. The third-order valence-corrected chi connectivity index (χ3v) is 6.71. The molecular weight excluding hydrogens is 445 g/mol. The molecule has 0 bridgehead atoms. The number of hydrogen-bond acceptors (Lipinski definition) is 6. The fourth-order valence-electron chi connectivity index (χ4n) is 4.18. The Bertz CT molecular complexity index is 886. The summed E-state index contributed by atoms with van der Waals surface area (Å²) in [5, 5.41) is 17.2. The zero-order valence-corrected chi connectivity index (χ0v) is 18.2. The molecule has 176 valence electrons. The number of nitrogens with two attached hydrogens (primary N) is 2. The van der Waals surface area contributed by atoms with Crippen molar-refractivity contribution in [2.75, 3.05) is 6.54 Å². The van der Waals surface area contributed by atoms with Gasteiger partial charge in [0.05, 0.1) is 17.7 Å². The number of nitro groups is 1. The second kappa shape index (κ2) is 10.1. The Morgan fingerprint density at radius 2 is 1.88 bits per heavy atom. The number of alkyl halides is 3. The summed E-state index contributed by atoms with van der Waals surface area (Å²) in [6.45, 7) is 0.585. The average molecular weight is 473 g/mol. The van der Waals surface area contributed by atoms with Crippen molar-refractivity contribution < 1.29 is 18.1 Å². The summed E-state index contributed by atoms with van der Waals surface area (Å²) >= 11 is -0.202. The Labute approximate surface area is 188 Å². The average Bonchev–Trinajstić information content (AvgIpc) is 2.72. The van der Waals surface area contributed by atoms with Crippen LogP contribution in [0.5, 0.6) is 0 Å². The van der Waals surface area contributed by atoms with Gasteiger partial charge in [-0.15, -0.1) is 0 Å². The number of hydrogen-bond donors (Lipinski definition) is 4. The molecule has 0 radical (unpaired) electrons. The molecular formula is C20H27F3N6O2S. The Morgan fingerprint density at radius 3 is 2.50 bits per heavy atom. The lowest BCUT2D eigenvalue weighted by Gasteiger charge is -2.37. The van der Waals surface area contributed by atoms with Gasteiger partial charge in [0.2, 0.25) is 0 Å². The van der Waals surface area contributed by atoms with Crippen LogP contribution in [0.4, 0.5) is 13.2 Å². The molecule has 1 unspecified atom stereocenters. The molecule has 32 heavy (non-hydrogen) atoms. The highest BCUT2D eigenvalue weighted by molar-refractivity contribution is 8.00. The largest absolute Gasteiger partial charge is 0.446 e. The van der Waals surface area contributed by atoms with E-state index in [9.17, 15) is 23.3 Å². The van der Waals surface area contributed by atoms with E-state index in [-0.39, 0.29) is 40.8 Å². The van der Waals surface area contributed by atoms with Gasteiger partial charge in [0, 0.05) is 4.90 Å². The van der Waals surface area contributed by atoms with Gasteiger partial charge in [-0.2, -0.15) is 13.2 Å². The Hall–Kier alpha value is -2.31. The van der Waals surface area contributed by atoms with Crippen molar-refractivity contribution in [1.29, 1.82) is 0 Å². The zero-order valence-electron chi connectivity index (χ0n) is 17.4. The fraction of sp³-hybridized carbons (Fsp3) is 0.550. The topological polar surface area (TPSA) is 132 Å². The van der Waals surface area contributed by atoms with Crippen LogP contribution in [0.1, 0.15) is 37.7 Å². The number of nitrogens with zero attached hydrogens (tertiary/aromatic N) is 2. The molecule has 0 amide bonds. The molecule has 0 aromatic heterocycles. The maximum Gasteiger partial charge on any atom is 0.446 e. The lowest BCUT2D eigenvalue weighted by Crippen LogP contribution is -2.64. The molecule has 1 aliphatic heterocycles. The van der Waals surface area contributed by atoms with Crippen molar-refractivity contribution in [3.05, 3.63) is 51.8 Å². The normalized spacial score (nSPS) is 27.4. The molecule has 1 fully saturated rings. The molecule has 8 nitrogen and oxygen atoms in total. The molecule has 6 N–H and O–H groups in total. The van der Waals surface area contributed by atoms with Crippen LogP contribution >= 0.6 is 11.8 Å². The van der Waals surface area contributed by atoms with Gasteiger partial charge in [-0.05, 0) is 73.9 Å². The predicted molar refractivity (Wildman–Crippen MR) is 117 cm³/mol. The Morgan fingerprint density at radius 1 is 1.22 bits per heavy atom. The summed E-state index contributed by atoms with van der Waals surface area (Å²) in [4.78, 5) is 15.4. The molecule has 0 spiro atoms. The summed E-state index contributed by atoms with van der Waals surface area (Å²) in [7, 11) is 0. The highest BCUT2D eigenvalue weighted by Crippen LogP contribution is 2.39. The molecule has 3 rings (SSSR count). The lowest BCUT2D eigenvalue weighted by atomic mass is 9.77. The molecule has 1 atom stereocenters. The van der Waals surface area contributed by atoms with Crippen LogP contribution < -0.4 is 22.1 Å². The van der Waals surface area contributed by atoms with Gasteiger partial charge in [-0.25, -0.2) is 4.99 Å². The minimum absolute atomic E-state index is 0.0477. The number of rotatable bonds is 7. The predicted octanol–water partition coefficient (Wildman–Crippen LogP) is 3.28. The SMILES string of the molecule is NCC1CCC(CC2(N)NC(=NCc3ccccc3SC(F)(F)F)NC=C2[N+](=O)[O-])CC1. The second-order valence-electron chi connectivity index (χ2n) is 8.17. The first-order chi connectivity index (χ1) is 15.1. The Kier molecular flexibility index (Phi) is 7.67. The third kappa shape index (κ3) is 6.36. The van der Waals surface area contributed by atoms with Gasteiger partial charge in [0.1, 0.15) is 0 Å². The van der Waals surface area contributed by atoms with Crippen LogP contribution in [0, 0.1) is 22.0 Å². The van der Waals surface area contributed by atoms with E-state index < -0.39 is 16.1 Å². The van der Waals surface area contributed by atoms with Crippen molar-refractivity contribution in [1.82, 2.24) is 10.6 Å². The quantitative estimate of drug-likeness (QED) is 0.272. The summed E-state index contributed by atoms with van der Waals surface area (Å²) in [5.74, 6) is 0.848. The maximum atomic E-state index is 12.8. The molecule has 1 heterocycles. The fourth-order valence-corrected chi connectivity index (χ4v) is 4.84. The lowest BCUT2D eigenvalue weighted by molar-refractivity contribution is -0.437. The van der Waals surface area contributed by atoms with Crippen LogP contribution in [0.25, 0.3) is 0 Å². The van der Waals surface area contributed by atoms with E-state index in [2.05, 4.69) is 15.6 Å². The molecule has 1 saturated carbocycles. The number of aliphatic imine (C=N–C) groups is 1. The van der Waals surface area contributed by atoms with Crippen molar-refractivity contribution in [3.8, 4) is 0 Å². The van der Waals surface area contributed by atoms with E-state index in [0.29, 0.717) is 24.4 Å². The van der Waals surface area contributed by atoms with Crippen LogP contribution in [-0.4, -0.2) is 28.6 Å². The molecule has 1 aromatic rings. The number of benzene rings is 1. The number of halogens is 3. The van der Waals surface area contributed by atoms with E-state index in [0.717, 1.165) is 25.7 Å². The van der Waals surface area contributed by atoms with Crippen molar-refractivity contribution >= 4 is 17.7 Å². The minimum Gasteiger partial charge on any atom is -0.330 e. The number of guanidine groups is 1. The van der Waals surface area contributed by atoms with Crippen LogP contribution in [0.3, 0.4) is 0 Å². The van der Waals surface area contributed by atoms with Crippen LogP contribution in [0.15, 0.2) is 46.1 Å². The molecule has 12 heteroatoms. The van der Waals surface area contributed by atoms with E-state index in [1.807, 2.05) is 0 Å². The van der Waals surface area contributed by atoms with Gasteiger partial charge in [-0.1, -0.05) is 18.2 Å². The zero-order chi connectivity index (χ0) is 23.4. The van der Waals surface area contributed by atoms with E-state index in [4.69, 9.17) is 11.5 Å². The van der Waals surface area contributed by atoms with E-state index in [1.54, 1.807) is 12.1 Å². The standard InChI is InChI=1S/C20H27F3N6O2S/c21-20(22,23)32-16-4-2-1-3-15(16)11-26-18-27-12-17(29(30)31)19(25,28-18)9-13-5-7-14(10-24)8-6-13/h1-4,12-14H,5-11,24-25H2,(H2,26,27,28). The summed E-state index contributed by atoms with van der Waals surface area (Å²) in [6, 6.07) is 6.10. The number of thioether (sulfide) groups is 1. The van der Waals surface area contributed by atoms with Gasteiger partial charge >= 0.3 is 11.2 Å². The maximum absolute atomic E-state index is 12.8. The molecule has 1 aliphatic carbocycles. The van der Waals surface area contributed by atoms with Crippen molar-refractivity contribution in [3.63, 3.8) is 0 Å². The first-order valence-electron chi connectivity index (χ1n) is 10.4. The third-order valence-electron chi connectivity index (χ3n) is 5.86. The van der Waals surface area contributed by atoms with Crippen LogP contribution in [-0.2, 0) is 6.54 Å². The first-order valence-corrected chi connectivity index (χ1v) is 11.2. The summed E-state index contributed by atoms with van der Waals surface area (Å²) in [5.41, 5.74) is 6.53. The van der Waals surface area contributed by atoms with Gasteiger partial charge < -0.3 is 16.4 Å². The molecule has 1 aromatic carbocycles. The van der Waals surface area contributed by atoms with Gasteiger partial charge in [-0.3, -0.25) is 15.8 Å². The van der Waals surface area contributed by atoms with Crippen molar-refractivity contribution in [2.45, 2.75) is 54.7 Å². The van der Waals surface area contributed by atoms with Gasteiger partial charge in [0.15, 0.2) is 11.6 Å².